The summed E-state index contributed by atoms with van der Waals surface area (Å²) in [5.74, 6) is 0.179. The molecule has 0 spiro atoms. The molecule has 4 nitrogen and oxygen atoms in total. The van der Waals surface area contributed by atoms with Gasteiger partial charge in [0.15, 0.2) is 9.84 Å². The van der Waals surface area contributed by atoms with Crippen LogP contribution in [0.3, 0.4) is 0 Å². The van der Waals surface area contributed by atoms with E-state index in [2.05, 4.69) is 0 Å². The molecule has 1 aliphatic rings. The van der Waals surface area contributed by atoms with Crippen molar-refractivity contribution in [2.24, 2.45) is 5.92 Å². The predicted molar refractivity (Wildman–Crippen MR) is 67.6 cm³/mol. The van der Waals surface area contributed by atoms with Crippen LogP contribution in [0, 0.1) is 5.92 Å². The molecule has 0 N–H and O–H groups in total. The van der Waals surface area contributed by atoms with E-state index in [0.29, 0.717) is 4.90 Å². The Morgan fingerprint density at radius 2 is 2.06 bits per heavy atom. The van der Waals surface area contributed by atoms with Crippen LogP contribution >= 0.6 is 0 Å². The summed E-state index contributed by atoms with van der Waals surface area (Å²) < 4.78 is 34.0. The van der Waals surface area contributed by atoms with Crippen LogP contribution in [0.2, 0.25) is 0 Å². The lowest BCUT2D eigenvalue weighted by Gasteiger charge is -1.99. The molecule has 2 rings (SSSR count). The molecule has 0 bridgehead atoms. The van der Waals surface area contributed by atoms with Crippen LogP contribution in [0.4, 0.5) is 0 Å². The van der Waals surface area contributed by atoms with Gasteiger partial charge in [0.25, 0.3) is 0 Å². The van der Waals surface area contributed by atoms with Crippen molar-refractivity contribution in [2.75, 3.05) is 13.9 Å². The lowest BCUT2D eigenvalue weighted by molar-refractivity contribution is -0.0419. The number of sulfone groups is 1. The average molecular weight is 268 g/mol. The first-order valence-corrected chi connectivity index (χ1v) is 7.27. The minimum atomic E-state index is -3.33. The molecule has 0 aromatic heterocycles. The van der Waals surface area contributed by atoms with Gasteiger partial charge in [0.2, 0.25) is 0 Å². The smallest absolute Gasteiger partial charge is 0.199 e. The molecule has 5 heteroatoms. The Kier molecular flexibility index (Phi) is 4.16. The fourth-order valence-electron chi connectivity index (χ4n) is 1.63. The Morgan fingerprint density at radius 3 is 2.72 bits per heavy atom. The molecule has 0 saturated heterocycles. The van der Waals surface area contributed by atoms with Gasteiger partial charge in [-0.25, -0.2) is 8.42 Å². The van der Waals surface area contributed by atoms with Gasteiger partial charge in [0.1, 0.15) is 6.79 Å². The molecule has 1 saturated carbocycles. The number of rotatable bonds is 6. The number of hydrogen-bond acceptors (Lipinski definition) is 4. The van der Waals surface area contributed by atoms with E-state index >= 15 is 0 Å². The summed E-state index contributed by atoms with van der Waals surface area (Å²) in [6.45, 7) is 0.250. The molecule has 0 aliphatic heterocycles. The van der Waals surface area contributed by atoms with Crippen LogP contribution in [0.1, 0.15) is 6.42 Å². The topological polar surface area (TPSA) is 52.6 Å². The molecule has 0 amide bonds. The van der Waals surface area contributed by atoms with Crippen molar-refractivity contribution >= 4 is 9.84 Å². The lowest BCUT2D eigenvalue weighted by atomic mass is 10.4. The van der Waals surface area contributed by atoms with E-state index in [4.69, 9.17) is 9.47 Å². The zero-order valence-corrected chi connectivity index (χ0v) is 11.0. The standard InChI is InChI=1S/C13H16O4S/c1-16-10-17-13-9-11(13)7-8-18(14,15)12-5-3-2-4-6-12/h2-8,11,13H,9-10H2,1H3/t11?,13-/m1/s1. The van der Waals surface area contributed by atoms with Gasteiger partial charge in [-0.1, -0.05) is 24.3 Å². The van der Waals surface area contributed by atoms with Gasteiger partial charge in [0, 0.05) is 18.4 Å². The Hall–Kier alpha value is -1.17. The summed E-state index contributed by atoms with van der Waals surface area (Å²) in [6.07, 6.45) is 2.64. The van der Waals surface area contributed by atoms with Crippen LogP contribution in [0.15, 0.2) is 46.7 Å². The van der Waals surface area contributed by atoms with Gasteiger partial charge in [-0.2, -0.15) is 0 Å². The summed E-state index contributed by atoms with van der Waals surface area (Å²) >= 11 is 0. The molecule has 0 heterocycles. The highest BCUT2D eigenvalue weighted by Gasteiger charge is 2.36. The van der Waals surface area contributed by atoms with Crippen LogP contribution < -0.4 is 0 Å². The van der Waals surface area contributed by atoms with Crippen molar-refractivity contribution in [1.82, 2.24) is 0 Å². The van der Waals surface area contributed by atoms with Gasteiger partial charge in [-0.15, -0.1) is 0 Å². The maximum absolute atomic E-state index is 11.9. The van der Waals surface area contributed by atoms with E-state index in [1.807, 2.05) is 0 Å². The minimum Gasteiger partial charge on any atom is -0.359 e. The SMILES string of the molecule is COCO[C@@H]1CC1C=CS(=O)(=O)c1ccccc1. The van der Waals surface area contributed by atoms with E-state index in [0.717, 1.165) is 6.42 Å². The van der Waals surface area contributed by atoms with Crippen molar-refractivity contribution in [3.63, 3.8) is 0 Å². The molecular formula is C13H16O4S. The van der Waals surface area contributed by atoms with Gasteiger partial charge in [-0.3, -0.25) is 0 Å². The Balaban J connectivity index is 1.94. The molecule has 98 valence electrons. The summed E-state index contributed by atoms with van der Waals surface area (Å²) in [5, 5.41) is 1.27. The van der Waals surface area contributed by atoms with Crippen molar-refractivity contribution < 1.29 is 17.9 Å². The quantitative estimate of drug-likeness (QED) is 0.740. The number of benzene rings is 1. The van der Waals surface area contributed by atoms with Crippen molar-refractivity contribution in [2.45, 2.75) is 17.4 Å². The van der Waals surface area contributed by atoms with Crippen molar-refractivity contribution in [3.8, 4) is 0 Å². The van der Waals surface area contributed by atoms with Gasteiger partial charge < -0.3 is 9.47 Å². The Morgan fingerprint density at radius 1 is 1.33 bits per heavy atom. The van der Waals surface area contributed by atoms with E-state index in [9.17, 15) is 8.42 Å². The molecule has 18 heavy (non-hydrogen) atoms. The minimum absolute atomic E-state index is 0.0900. The van der Waals surface area contributed by atoms with Gasteiger partial charge in [0.05, 0.1) is 11.0 Å². The first-order valence-electron chi connectivity index (χ1n) is 5.72. The van der Waals surface area contributed by atoms with E-state index < -0.39 is 9.84 Å². The fourth-order valence-corrected chi connectivity index (χ4v) is 2.73. The normalized spacial score (nSPS) is 23.4. The van der Waals surface area contributed by atoms with Gasteiger partial charge >= 0.3 is 0 Å². The van der Waals surface area contributed by atoms with E-state index in [1.165, 1.54) is 5.41 Å². The molecule has 1 aromatic carbocycles. The van der Waals surface area contributed by atoms with E-state index in [-0.39, 0.29) is 18.8 Å². The third-order valence-electron chi connectivity index (χ3n) is 2.76. The second-order valence-corrected chi connectivity index (χ2v) is 6.03. The fraction of sp³-hybridized carbons (Fsp3) is 0.385. The third-order valence-corrected chi connectivity index (χ3v) is 4.20. The molecule has 1 aromatic rings. The van der Waals surface area contributed by atoms with Gasteiger partial charge in [-0.05, 0) is 18.6 Å². The van der Waals surface area contributed by atoms with Crippen molar-refractivity contribution in [3.05, 3.63) is 41.8 Å². The summed E-state index contributed by atoms with van der Waals surface area (Å²) in [6, 6.07) is 8.39. The maximum atomic E-state index is 11.9. The second kappa shape index (κ2) is 5.65. The Bertz CT molecular complexity index is 507. The van der Waals surface area contributed by atoms with Crippen LogP contribution in [0.25, 0.3) is 0 Å². The molecule has 0 radical (unpaired) electrons. The molecular weight excluding hydrogens is 252 g/mol. The zero-order valence-electron chi connectivity index (χ0n) is 10.2. The molecule has 2 atom stereocenters. The monoisotopic (exact) mass is 268 g/mol. The first-order chi connectivity index (χ1) is 8.63. The average Bonchev–Trinajstić information content (AvgIpc) is 3.14. The highest BCUT2D eigenvalue weighted by atomic mass is 32.2. The van der Waals surface area contributed by atoms with Crippen LogP contribution in [-0.4, -0.2) is 28.4 Å². The number of methoxy groups -OCH3 is 1. The summed E-state index contributed by atoms with van der Waals surface area (Å²) in [4.78, 5) is 0.316. The number of hydrogen-bond donors (Lipinski definition) is 0. The third kappa shape index (κ3) is 3.41. The largest absolute Gasteiger partial charge is 0.359 e. The van der Waals surface area contributed by atoms with Crippen LogP contribution in [-0.2, 0) is 19.3 Å². The molecule has 1 unspecified atom stereocenters. The maximum Gasteiger partial charge on any atom is 0.199 e. The Labute approximate surface area is 107 Å². The highest BCUT2D eigenvalue weighted by molar-refractivity contribution is 7.94. The predicted octanol–water partition coefficient (Wildman–Crippen LogP) is 1.98. The van der Waals surface area contributed by atoms with Crippen molar-refractivity contribution in [1.29, 1.82) is 0 Å². The second-order valence-electron chi connectivity index (χ2n) is 4.20. The lowest BCUT2D eigenvalue weighted by Crippen LogP contribution is -2.00. The zero-order chi connectivity index (χ0) is 13.0. The summed E-state index contributed by atoms with van der Waals surface area (Å²) in [7, 11) is -1.76. The van der Waals surface area contributed by atoms with Crippen LogP contribution in [0.5, 0.6) is 0 Å². The molecule has 1 aliphatic carbocycles. The first kappa shape index (κ1) is 13.3. The van der Waals surface area contributed by atoms with E-state index in [1.54, 1.807) is 43.5 Å². The number of ether oxygens (including phenoxy) is 2. The molecule has 1 fully saturated rings. The highest BCUT2D eigenvalue weighted by Crippen LogP contribution is 2.35. The summed E-state index contributed by atoms with van der Waals surface area (Å²) in [5.41, 5.74) is 0.